The van der Waals surface area contributed by atoms with Crippen molar-refractivity contribution in [3.05, 3.63) is 36.9 Å². The van der Waals surface area contributed by atoms with E-state index in [4.69, 9.17) is 4.74 Å². The van der Waals surface area contributed by atoms with Crippen molar-refractivity contribution in [2.24, 2.45) is 0 Å². The monoisotopic (exact) mass is 321 g/mol. The van der Waals surface area contributed by atoms with Gasteiger partial charge >= 0.3 is 6.09 Å². The summed E-state index contributed by atoms with van der Waals surface area (Å²) >= 11 is 1.28. The molecule has 6 nitrogen and oxygen atoms in total. The SMILES string of the molecule is C=CCOC(=O)N1C[C@@H](SC(C)=O)C[C@H]1Cc1cncnc1. The Kier molecular flexibility index (Phi) is 5.94. The first-order chi connectivity index (χ1) is 10.6. The van der Waals surface area contributed by atoms with Crippen LogP contribution in [0.2, 0.25) is 0 Å². The molecule has 1 aromatic rings. The molecule has 1 saturated heterocycles. The molecule has 0 unspecified atom stereocenters. The normalized spacial score (nSPS) is 20.7. The van der Waals surface area contributed by atoms with Gasteiger partial charge in [0.1, 0.15) is 12.9 Å². The Labute approximate surface area is 134 Å². The third-order valence-corrected chi connectivity index (χ3v) is 4.36. The molecular weight excluding hydrogens is 302 g/mol. The molecule has 0 bridgehead atoms. The lowest BCUT2D eigenvalue weighted by atomic mass is 10.1. The Balaban J connectivity index is 2.06. The van der Waals surface area contributed by atoms with Crippen LogP contribution in [-0.4, -0.2) is 50.5 Å². The molecule has 0 aliphatic carbocycles. The number of ether oxygens (including phenoxy) is 1. The van der Waals surface area contributed by atoms with Crippen LogP contribution in [0.3, 0.4) is 0 Å². The second-order valence-electron chi connectivity index (χ2n) is 5.09. The van der Waals surface area contributed by atoms with Gasteiger partial charge in [-0.2, -0.15) is 0 Å². The van der Waals surface area contributed by atoms with Crippen LogP contribution in [0.4, 0.5) is 4.79 Å². The van der Waals surface area contributed by atoms with E-state index >= 15 is 0 Å². The van der Waals surface area contributed by atoms with E-state index in [2.05, 4.69) is 16.5 Å². The first-order valence-electron chi connectivity index (χ1n) is 7.05. The fourth-order valence-corrected chi connectivity index (χ4v) is 3.55. The van der Waals surface area contributed by atoms with Crippen molar-refractivity contribution in [2.75, 3.05) is 13.2 Å². The van der Waals surface area contributed by atoms with Gasteiger partial charge in [-0.1, -0.05) is 24.4 Å². The largest absolute Gasteiger partial charge is 0.445 e. The summed E-state index contributed by atoms with van der Waals surface area (Å²) in [5.74, 6) is 0. The molecule has 0 aromatic carbocycles. The van der Waals surface area contributed by atoms with E-state index in [9.17, 15) is 9.59 Å². The van der Waals surface area contributed by atoms with Crippen molar-refractivity contribution in [1.29, 1.82) is 0 Å². The van der Waals surface area contributed by atoms with E-state index in [0.717, 1.165) is 12.0 Å². The second kappa shape index (κ2) is 7.93. The summed E-state index contributed by atoms with van der Waals surface area (Å²) in [6.45, 7) is 5.78. The average molecular weight is 321 g/mol. The van der Waals surface area contributed by atoms with Crippen molar-refractivity contribution in [1.82, 2.24) is 14.9 Å². The molecule has 0 radical (unpaired) electrons. The fourth-order valence-electron chi connectivity index (χ4n) is 2.53. The molecule has 118 valence electrons. The van der Waals surface area contributed by atoms with Crippen molar-refractivity contribution in [3.8, 4) is 0 Å². The molecule has 2 atom stereocenters. The van der Waals surface area contributed by atoms with Crippen molar-refractivity contribution in [2.45, 2.75) is 31.1 Å². The number of thioether (sulfide) groups is 1. The Morgan fingerprint density at radius 2 is 2.23 bits per heavy atom. The van der Waals surface area contributed by atoms with E-state index < -0.39 is 0 Å². The highest BCUT2D eigenvalue weighted by molar-refractivity contribution is 8.14. The average Bonchev–Trinajstić information content (AvgIpc) is 2.87. The molecule has 0 saturated carbocycles. The van der Waals surface area contributed by atoms with Crippen LogP contribution in [0, 0.1) is 0 Å². The molecule has 1 aliphatic heterocycles. The number of hydrogen-bond donors (Lipinski definition) is 0. The summed E-state index contributed by atoms with van der Waals surface area (Å²) < 4.78 is 5.14. The second-order valence-corrected chi connectivity index (χ2v) is 6.57. The minimum atomic E-state index is -0.367. The van der Waals surface area contributed by atoms with Gasteiger partial charge in [-0.3, -0.25) is 4.79 Å². The molecule has 0 N–H and O–H groups in total. The number of nitrogens with zero attached hydrogens (tertiary/aromatic N) is 3. The van der Waals surface area contributed by atoms with Crippen molar-refractivity contribution in [3.63, 3.8) is 0 Å². The lowest BCUT2D eigenvalue weighted by Gasteiger charge is -2.23. The first-order valence-corrected chi connectivity index (χ1v) is 7.93. The smallest absolute Gasteiger partial charge is 0.410 e. The predicted octanol–water partition coefficient (Wildman–Crippen LogP) is 2.06. The summed E-state index contributed by atoms with van der Waals surface area (Å²) in [5, 5.41) is 0.163. The number of aromatic nitrogens is 2. The lowest BCUT2D eigenvalue weighted by molar-refractivity contribution is -0.109. The molecule has 2 heterocycles. The molecule has 1 aliphatic rings. The molecule has 22 heavy (non-hydrogen) atoms. The minimum absolute atomic E-state index is 0.0137. The van der Waals surface area contributed by atoms with Crippen LogP contribution in [0.15, 0.2) is 31.4 Å². The maximum absolute atomic E-state index is 12.2. The first kappa shape index (κ1) is 16.5. The zero-order valence-corrected chi connectivity index (χ0v) is 13.3. The molecule has 1 aromatic heterocycles. The van der Waals surface area contributed by atoms with Crippen LogP contribution in [0.1, 0.15) is 18.9 Å². The zero-order valence-electron chi connectivity index (χ0n) is 12.5. The molecular formula is C15H19N3O3S. The van der Waals surface area contributed by atoms with Gasteiger partial charge in [-0.15, -0.1) is 0 Å². The highest BCUT2D eigenvalue weighted by Crippen LogP contribution is 2.30. The van der Waals surface area contributed by atoms with Crippen LogP contribution < -0.4 is 0 Å². The minimum Gasteiger partial charge on any atom is -0.445 e. The number of likely N-dealkylation sites (tertiary alicyclic amines) is 1. The highest BCUT2D eigenvalue weighted by atomic mass is 32.2. The van der Waals surface area contributed by atoms with Gasteiger partial charge in [0.15, 0.2) is 5.12 Å². The van der Waals surface area contributed by atoms with Gasteiger partial charge in [0.2, 0.25) is 0 Å². The van der Waals surface area contributed by atoms with Crippen LogP contribution in [0.25, 0.3) is 0 Å². The molecule has 0 spiro atoms. The van der Waals surface area contributed by atoms with E-state index in [-0.39, 0.29) is 29.1 Å². The Bertz CT molecular complexity index is 538. The quantitative estimate of drug-likeness (QED) is 0.773. The van der Waals surface area contributed by atoms with E-state index in [1.54, 1.807) is 24.2 Å². The van der Waals surface area contributed by atoms with Crippen LogP contribution in [-0.2, 0) is 16.0 Å². The number of rotatable bonds is 5. The van der Waals surface area contributed by atoms with Gasteiger partial charge in [0.05, 0.1) is 0 Å². The van der Waals surface area contributed by atoms with Gasteiger partial charge < -0.3 is 9.64 Å². The molecule has 7 heteroatoms. The van der Waals surface area contributed by atoms with Crippen LogP contribution >= 0.6 is 11.8 Å². The fraction of sp³-hybridized carbons (Fsp3) is 0.467. The Hall–Kier alpha value is -1.89. The Morgan fingerprint density at radius 3 is 2.86 bits per heavy atom. The lowest BCUT2D eigenvalue weighted by Crippen LogP contribution is -2.37. The van der Waals surface area contributed by atoms with E-state index in [1.807, 2.05) is 0 Å². The number of hydrogen-bond acceptors (Lipinski definition) is 6. The number of amides is 1. The topological polar surface area (TPSA) is 72.4 Å². The summed E-state index contributed by atoms with van der Waals surface area (Å²) in [7, 11) is 0. The third-order valence-electron chi connectivity index (χ3n) is 3.35. The Morgan fingerprint density at radius 1 is 1.50 bits per heavy atom. The zero-order chi connectivity index (χ0) is 15.9. The van der Waals surface area contributed by atoms with Crippen molar-refractivity contribution >= 4 is 23.0 Å². The molecule has 1 fully saturated rings. The van der Waals surface area contributed by atoms with Gasteiger partial charge in [0.25, 0.3) is 0 Å². The predicted molar refractivity (Wildman–Crippen MR) is 84.5 cm³/mol. The van der Waals surface area contributed by atoms with Crippen LogP contribution in [0.5, 0.6) is 0 Å². The van der Waals surface area contributed by atoms with E-state index in [1.165, 1.54) is 24.2 Å². The summed E-state index contributed by atoms with van der Waals surface area (Å²) in [6, 6.07) is -0.0137. The van der Waals surface area contributed by atoms with Gasteiger partial charge in [-0.25, -0.2) is 14.8 Å². The van der Waals surface area contributed by atoms with E-state index in [0.29, 0.717) is 13.0 Å². The third kappa shape index (κ3) is 4.56. The van der Waals surface area contributed by atoms with Gasteiger partial charge in [0, 0.05) is 37.2 Å². The standard InChI is InChI=1S/C15H19N3O3S/c1-3-4-21-15(20)18-9-14(22-11(2)19)6-13(18)5-12-7-16-10-17-8-12/h3,7-8,10,13-14H,1,4-6,9H2,2H3/t13-,14+/m1/s1. The summed E-state index contributed by atoms with van der Waals surface area (Å²) in [6.07, 6.45) is 7.53. The maximum Gasteiger partial charge on any atom is 0.410 e. The summed E-state index contributed by atoms with van der Waals surface area (Å²) in [5.41, 5.74) is 0.961. The molecule has 1 amide bonds. The summed E-state index contributed by atoms with van der Waals surface area (Å²) in [4.78, 5) is 33.2. The number of carbonyl (C=O) groups is 2. The van der Waals surface area contributed by atoms with Crippen molar-refractivity contribution < 1.29 is 14.3 Å². The van der Waals surface area contributed by atoms with Gasteiger partial charge in [-0.05, 0) is 18.4 Å². The maximum atomic E-state index is 12.2. The highest BCUT2D eigenvalue weighted by Gasteiger charge is 2.37. The molecule has 2 rings (SSSR count). The number of carbonyl (C=O) groups excluding carboxylic acids is 2.